The summed E-state index contributed by atoms with van der Waals surface area (Å²) in [6.45, 7) is 4.54. The number of nitrogens with two attached hydrogens (primary N) is 1. The second kappa shape index (κ2) is 6.68. The second-order valence-corrected chi connectivity index (χ2v) is 8.83. The molecule has 2 aromatic heterocycles. The molecule has 3 aliphatic rings. The highest BCUT2D eigenvalue weighted by atomic mass is 16.5. The van der Waals surface area contributed by atoms with Gasteiger partial charge in [0.1, 0.15) is 5.82 Å². The van der Waals surface area contributed by atoms with Crippen LogP contribution in [0.25, 0.3) is 16.7 Å². The molecule has 1 spiro atoms. The number of nitrogens with zero attached hydrogens (tertiary/aromatic N) is 3. The van der Waals surface area contributed by atoms with E-state index in [0.29, 0.717) is 11.2 Å². The van der Waals surface area contributed by atoms with Gasteiger partial charge in [0.15, 0.2) is 5.65 Å². The van der Waals surface area contributed by atoms with Gasteiger partial charge in [0.05, 0.1) is 28.8 Å². The molecule has 4 heterocycles. The van der Waals surface area contributed by atoms with Gasteiger partial charge in [-0.25, -0.2) is 4.98 Å². The van der Waals surface area contributed by atoms with Gasteiger partial charge < -0.3 is 20.7 Å². The Balaban J connectivity index is 1.54. The zero-order valence-corrected chi connectivity index (χ0v) is 17.1. The first-order valence-corrected chi connectivity index (χ1v) is 11.0. The maximum atomic E-state index is 12.5. The average molecular weight is 406 g/mol. The van der Waals surface area contributed by atoms with Crippen molar-refractivity contribution in [2.45, 2.75) is 37.7 Å². The Hall–Kier alpha value is -2.64. The number of morpholine rings is 1. The minimum atomic E-state index is -0.376. The van der Waals surface area contributed by atoms with Crippen molar-refractivity contribution in [2.24, 2.45) is 5.73 Å². The number of rotatable bonds is 2. The summed E-state index contributed by atoms with van der Waals surface area (Å²) in [6, 6.07) is 8.12. The molecular formula is C23H27N5O2. The molecule has 1 aromatic carbocycles. The van der Waals surface area contributed by atoms with Crippen LogP contribution in [0.3, 0.4) is 0 Å². The molecule has 0 radical (unpaired) electrons. The van der Waals surface area contributed by atoms with Crippen molar-refractivity contribution in [3.8, 4) is 0 Å². The van der Waals surface area contributed by atoms with Crippen molar-refractivity contribution in [1.29, 1.82) is 0 Å². The quantitative estimate of drug-likeness (QED) is 0.682. The molecule has 7 heteroatoms. The molecule has 30 heavy (non-hydrogen) atoms. The fourth-order valence-corrected chi connectivity index (χ4v) is 5.69. The summed E-state index contributed by atoms with van der Waals surface area (Å²) < 4.78 is 8.40. The van der Waals surface area contributed by atoms with Crippen LogP contribution in [0.1, 0.15) is 40.7 Å². The summed E-state index contributed by atoms with van der Waals surface area (Å²) in [7, 11) is 0. The monoisotopic (exact) mass is 405 g/mol. The largest absolute Gasteiger partial charge is 0.372 e. The van der Waals surface area contributed by atoms with Gasteiger partial charge in [-0.15, -0.1) is 0 Å². The van der Waals surface area contributed by atoms with Gasteiger partial charge in [-0.05, 0) is 55.4 Å². The minimum absolute atomic E-state index is 0.0405. The highest BCUT2D eigenvalue weighted by Gasteiger charge is 2.39. The zero-order valence-electron chi connectivity index (χ0n) is 17.1. The van der Waals surface area contributed by atoms with Crippen LogP contribution < -0.4 is 16.0 Å². The molecule has 3 aromatic rings. The number of amides is 1. The van der Waals surface area contributed by atoms with Crippen molar-refractivity contribution in [1.82, 2.24) is 14.7 Å². The Labute approximate surface area is 175 Å². The Morgan fingerprint density at radius 1 is 1.17 bits per heavy atom. The van der Waals surface area contributed by atoms with Crippen molar-refractivity contribution >= 4 is 28.4 Å². The number of nitrogens with one attached hydrogen (secondary N) is 1. The van der Waals surface area contributed by atoms with E-state index in [1.165, 1.54) is 11.4 Å². The van der Waals surface area contributed by atoms with Crippen LogP contribution in [-0.4, -0.2) is 53.7 Å². The lowest BCUT2D eigenvalue weighted by Crippen LogP contribution is -2.56. The molecule has 3 N–H and O–H groups in total. The Morgan fingerprint density at radius 3 is 2.73 bits per heavy atom. The summed E-state index contributed by atoms with van der Waals surface area (Å²) in [5.41, 5.74) is 11.5. The van der Waals surface area contributed by atoms with Crippen LogP contribution in [0.5, 0.6) is 0 Å². The Morgan fingerprint density at radius 2 is 1.97 bits per heavy atom. The van der Waals surface area contributed by atoms with Crippen molar-refractivity contribution in [3.05, 3.63) is 41.0 Å². The van der Waals surface area contributed by atoms with Crippen LogP contribution in [0.2, 0.25) is 0 Å². The first-order valence-electron chi connectivity index (χ1n) is 11.0. The first kappa shape index (κ1) is 18.2. The fourth-order valence-electron chi connectivity index (χ4n) is 5.69. The third-order valence-corrected chi connectivity index (χ3v) is 7.14. The minimum Gasteiger partial charge on any atom is -0.372 e. The van der Waals surface area contributed by atoms with E-state index < -0.39 is 0 Å². The summed E-state index contributed by atoms with van der Waals surface area (Å²) in [5.74, 6) is 0.828. The maximum Gasteiger partial charge on any atom is 0.252 e. The van der Waals surface area contributed by atoms with E-state index in [1.54, 1.807) is 0 Å². The van der Waals surface area contributed by atoms with Gasteiger partial charge in [0.2, 0.25) is 0 Å². The van der Waals surface area contributed by atoms with E-state index in [0.717, 1.165) is 81.5 Å². The van der Waals surface area contributed by atoms with E-state index in [4.69, 9.17) is 15.5 Å². The normalized spacial score (nSPS) is 20.9. The van der Waals surface area contributed by atoms with E-state index in [9.17, 15) is 4.79 Å². The molecule has 7 nitrogen and oxygen atoms in total. The molecule has 2 fully saturated rings. The smallest absolute Gasteiger partial charge is 0.252 e. The number of carbonyl (C=O) groups is 1. The number of ether oxygens (including phenoxy) is 1. The molecule has 2 saturated heterocycles. The lowest BCUT2D eigenvalue weighted by Gasteiger charge is -2.45. The van der Waals surface area contributed by atoms with Gasteiger partial charge in [-0.2, -0.15) is 0 Å². The number of hydrogen-bond donors (Lipinski definition) is 2. The van der Waals surface area contributed by atoms with E-state index >= 15 is 0 Å². The molecule has 156 valence electrons. The summed E-state index contributed by atoms with van der Waals surface area (Å²) in [4.78, 5) is 19.8. The Bertz CT molecular complexity index is 1150. The van der Waals surface area contributed by atoms with Gasteiger partial charge in [-0.1, -0.05) is 12.1 Å². The lowest BCUT2D eigenvalue weighted by molar-refractivity contribution is -0.0800. The number of pyridine rings is 1. The molecule has 0 unspecified atom stereocenters. The number of hydrogen-bond acceptors (Lipinski definition) is 5. The standard InChI is InChI=1S/C23H27N5O2/c24-20(29)19-15-4-3-5-16(15)22(28-18-7-2-1-6-17(18)26-21(19)28)27-11-8-23(9-12-27)14-25-10-13-30-23/h1-2,6-7,25H,3-5,8-14H2,(H2,24,29). The van der Waals surface area contributed by atoms with E-state index in [1.807, 2.05) is 18.2 Å². The summed E-state index contributed by atoms with van der Waals surface area (Å²) in [5, 5.41) is 3.50. The fraction of sp³-hybridized carbons (Fsp3) is 0.478. The first-order chi connectivity index (χ1) is 14.7. The number of imidazole rings is 1. The molecule has 1 amide bonds. The van der Waals surface area contributed by atoms with E-state index in [2.05, 4.69) is 20.7 Å². The van der Waals surface area contributed by atoms with Crippen LogP contribution in [0, 0.1) is 0 Å². The molecule has 0 saturated carbocycles. The molecule has 1 aliphatic carbocycles. The topological polar surface area (TPSA) is 84.9 Å². The Kier molecular flexibility index (Phi) is 4.05. The molecule has 6 rings (SSSR count). The van der Waals surface area contributed by atoms with Gasteiger partial charge in [0.25, 0.3) is 5.91 Å². The second-order valence-electron chi connectivity index (χ2n) is 8.83. The summed E-state index contributed by atoms with van der Waals surface area (Å²) in [6.07, 6.45) is 4.93. The maximum absolute atomic E-state index is 12.5. The highest BCUT2D eigenvalue weighted by molar-refractivity contribution is 6.03. The molecule has 0 atom stereocenters. The number of fused-ring (bicyclic) bond motifs is 4. The van der Waals surface area contributed by atoms with Crippen molar-refractivity contribution in [3.63, 3.8) is 0 Å². The van der Waals surface area contributed by atoms with Crippen LogP contribution in [0.4, 0.5) is 5.82 Å². The number of aromatic nitrogens is 2. The predicted molar refractivity (Wildman–Crippen MR) is 116 cm³/mol. The van der Waals surface area contributed by atoms with Crippen LogP contribution in [0.15, 0.2) is 24.3 Å². The van der Waals surface area contributed by atoms with Gasteiger partial charge in [-0.3, -0.25) is 9.20 Å². The van der Waals surface area contributed by atoms with Crippen LogP contribution in [-0.2, 0) is 17.6 Å². The van der Waals surface area contributed by atoms with Crippen molar-refractivity contribution in [2.75, 3.05) is 37.7 Å². The third kappa shape index (κ3) is 2.58. The van der Waals surface area contributed by atoms with Crippen LogP contribution >= 0.6 is 0 Å². The number of carbonyl (C=O) groups excluding carboxylic acids is 1. The SMILES string of the molecule is NC(=O)c1c2c(c(N3CCC4(CC3)CNCCO4)n3c1nc1ccccc13)CCC2. The lowest BCUT2D eigenvalue weighted by atomic mass is 9.89. The third-order valence-electron chi connectivity index (χ3n) is 7.14. The predicted octanol–water partition coefficient (Wildman–Crippen LogP) is 2.03. The number of benzene rings is 1. The molecule has 0 bridgehead atoms. The number of piperidine rings is 1. The molecule has 2 aliphatic heterocycles. The number of anilines is 1. The average Bonchev–Trinajstić information content (AvgIpc) is 3.38. The van der Waals surface area contributed by atoms with Gasteiger partial charge in [0, 0.05) is 26.2 Å². The van der Waals surface area contributed by atoms with E-state index in [-0.39, 0.29) is 11.5 Å². The summed E-state index contributed by atoms with van der Waals surface area (Å²) >= 11 is 0. The highest BCUT2D eigenvalue weighted by Crippen LogP contribution is 2.40. The molecular weight excluding hydrogens is 378 g/mol. The van der Waals surface area contributed by atoms with Gasteiger partial charge >= 0.3 is 0 Å². The number of primary amides is 1. The van der Waals surface area contributed by atoms with Crippen molar-refractivity contribution < 1.29 is 9.53 Å². The number of para-hydroxylation sites is 2. The zero-order chi connectivity index (χ0) is 20.3.